The van der Waals surface area contributed by atoms with Gasteiger partial charge in [0.1, 0.15) is 0 Å². The van der Waals surface area contributed by atoms with E-state index in [9.17, 15) is 4.79 Å². The molecule has 3 rings (SSSR count). The normalized spacial score (nSPS) is 15.0. The fourth-order valence-corrected chi connectivity index (χ4v) is 2.71. The summed E-state index contributed by atoms with van der Waals surface area (Å²) in [5.74, 6) is 1.73. The number of carbonyl (C=O) groups excluding carboxylic acids is 1. The molecule has 1 aliphatic heterocycles. The second kappa shape index (κ2) is 7.92. The van der Waals surface area contributed by atoms with Gasteiger partial charge in [0, 0.05) is 25.4 Å². The van der Waals surface area contributed by atoms with E-state index in [1.54, 1.807) is 24.5 Å². The highest BCUT2D eigenvalue weighted by Gasteiger charge is 2.18. The predicted molar refractivity (Wildman–Crippen MR) is 96.0 cm³/mol. The number of ether oxygens (including phenoxy) is 1. The quantitative estimate of drug-likeness (QED) is 0.901. The molecule has 0 saturated carbocycles. The first-order valence-corrected chi connectivity index (χ1v) is 8.63. The summed E-state index contributed by atoms with van der Waals surface area (Å²) in [4.78, 5) is 27.3. The molecule has 1 N–H and O–H groups in total. The van der Waals surface area contributed by atoms with Crippen LogP contribution in [-0.2, 0) is 0 Å². The zero-order chi connectivity index (χ0) is 17.6. The second-order valence-electron chi connectivity index (χ2n) is 6.21. The SMILES string of the molecule is CCOc1ccc(C(=O)Nc2cnc(N3CCC(C)CC3)nc2)cn1. The van der Waals surface area contributed by atoms with E-state index >= 15 is 0 Å². The van der Waals surface area contributed by atoms with Crippen LogP contribution < -0.4 is 15.0 Å². The third-order valence-corrected chi connectivity index (χ3v) is 4.25. The maximum Gasteiger partial charge on any atom is 0.257 e. The Hall–Kier alpha value is -2.70. The first-order valence-electron chi connectivity index (χ1n) is 8.63. The highest BCUT2D eigenvalue weighted by Crippen LogP contribution is 2.20. The van der Waals surface area contributed by atoms with Crippen LogP contribution in [0.2, 0.25) is 0 Å². The molecule has 0 aromatic carbocycles. The summed E-state index contributed by atoms with van der Waals surface area (Å²) in [6.45, 7) is 6.65. The lowest BCUT2D eigenvalue weighted by atomic mass is 10.00. The molecule has 0 bridgehead atoms. The molecule has 25 heavy (non-hydrogen) atoms. The van der Waals surface area contributed by atoms with Gasteiger partial charge in [0.15, 0.2) is 0 Å². The molecular formula is C18H23N5O2. The first kappa shape index (κ1) is 17.1. The number of amides is 1. The van der Waals surface area contributed by atoms with Gasteiger partial charge in [0.05, 0.1) is 30.3 Å². The molecule has 0 unspecified atom stereocenters. The maximum absolute atomic E-state index is 12.2. The van der Waals surface area contributed by atoms with Crippen LogP contribution in [0.3, 0.4) is 0 Å². The molecular weight excluding hydrogens is 318 g/mol. The molecule has 1 amide bonds. The van der Waals surface area contributed by atoms with Crippen molar-refractivity contribution in [1.29, 1.82) is 0 Å². The van der Waals surface area contributed by atoms with Crippen molar-refractivity contribution >= 4 is 17.5 Å². The Bertz CT molecular complexity index is 694. The molecule has 0 atom stereocenters. The zero-order valence-corrected chi connectivity index (χ0v) is 14.6. The lowest BCUT2D eigenvalue weighted by molar-refractivity contribution is 0.102. The van der Waals surface area contributed by atoms with Crippen LogP contribution in [0.15, 0.2) is 30.7 Å². The number of nitrogens with zero attached hydrogens (tertiary/aromatic N) is 4. The number of pyridine rings is 1. The molecule has 0 aliphatic carbocycles. The number of hydrogen-bond acceptors (Lipinski definition) is 6. The molecule has 7 heteroatoms. The molecule has 2 aromatic rings. The average Bonchev–Trinajstić information content (AvgIpc) is 2.64. The predicted octanol–water partition coefficient (Wildman–Crippen LogP) is 2.76. The standard InChI is InChI=1S/C18H23N5O2/c1-3-25-16-5-4-14(10-19-16)17(24)22-15-11-20-18(21-12-15)23-8-6-13(2)7-9-23/h4-5,10-13H,3,6-9H2,1-2H3,(H,22,24). The van der Waals surface area contributed by atoms with E-state index < -0.39 is 0 Å². The summed E-state index contributed by atoms with van der Waals surface area (Å²) < 4.78 is 5.27. The number of piperidine rings is 1. The Morgan fingerprint density at radius 3 is 2.52 bits per heavy atom. The summed E-state index contributed by atoms with van der Waals surface area (Å²) >= 11 is 0. The summed E-state index contributed by atoms with van der Waals surface area (Å²) in [6, 6.07) is 3.35. The van der Waals surface area contributed by atoms with E-state index in [1.165, 1.54) is 6.20 Å². The van der Waals surface area contributed by atoms with Crippen LogP contribution in [0.1, 0.15) is 37.0 Å². The van der Waals surface area contributed by atoms with Crippen LogP contribution in [0.5, 0.6) is 5.88 Å². The van der Waals surface area contributed by atoms with Crippen molar-refractivity contribution in [3.63, 3.8) is 0 Å². The molecule has 0 radical (unpaired) electrons. The van der Waals surface area contributed by atoms with Crippen molar-refractivity contribution in [2.45, 2.75) is 26.7 Å². The van der Waals surface area contributed by atoms with Gasteiger partial charge in [-0.15, -0.1) is 0 Å². The largest absolute Gasteiger partial charge is 0.478 e. The smallest absolute Gasteiger partial charge is 0.257 e. The average molecular weight is 341 g/mol. The van der Waals surface area contributed by atoms with Gasteiger partial charge in [-0.1, -0.05) is 6.92 Å². The van der Waals surface area contributed by atoms with Gasteiger partial charge in [-0.05, 0) is 31.7 Å². The van der Waals surface area contributed by atoms with Crippen molar-refractivity contribution in [2.75, 3.05) is 29.9 Å². The minimum atomic E-state index is -0.251. The minimum absolute atomic E-state index is 0.251. The van der Waals surface area contributed by atoms with Crippen LogP contribution >= 0.6 is 0 Å². The summed E-state index contributed by atoms with van der Waals surface area (Å²) in [5, 5.41) is 2.78. The number of hydrogen-bond donors (Lipinski definition) is 1. The maximum atomic E-state index is 12.2. The molecule has 3 heterocycles. The number of nitrogens with one attached hydrogen (secondary N) is 1. The minimum Gasteiger partial charge on any atom is -0.478 e. The van der Waals surface area contributed by atoms with Crippen LogP contribution in [-0.4, -0.2) is 40.6 Å². The summed E-state index contributed by atoms with van der Waals surface area (Å²) in [7, 11) is 0. The fourth-order valence-electron chi connectivity index (χ4n) is 2.71. The highest BCUT2D eigenvalue weighted by atomic mass is 16.5. The zero-order valence-electron chi connectivity index (χ0n) is 14.6. The van der Waals surface area contributed by atoms with Crippen LogP contribution in [0.4, 0.5) is 11.6 Å². The fraction of sp³-hybridized carbons (Fsp3) is 0.444. The number of rotatable bonds is 5. The van der Waals surface area contributed by atoms with Gasteiger partial charge in [-0.2, -0.15) is 0 Å². The van der Waals surface area contributed by atoms with Crippen LogP contribution in [0, 0.1) is 5.92 Å². The first-order chi connectivity index (χ1) is 12.2. The van der Waals surface area contributed by atoms with E-state index in [-0.39, 0.29) is 5.91 Å². The molecule has 132 valence electrons. The molecule has 1 aliphatic rings. The van der Waals surface area contributed by atoms with E-state index in [0.29, 0.717) is 29.7 Å². The third-order valence-electron chi connectivity index (χ3n) is 4.25. The molecule has 1 saturated heterocycles. The molecule has 2 aromatic heterocycles. The van der Waals surface area contributed by atoms with E-state index in [2.05, 4.69) is 32.1 Å². The number of anilines is 2. The highest BCUT2D eigenvalue weighted by molar-refractivity contribution is 6.03. The monoisotopic (exact) mass is 341 g/mol. The van der Waals surface area contributed by atoms with Gasteiger partial charge >= 0.3 is 0 Å². The number of carbonyl (C=O) groups is 1. The van der Waals surface area contributed by atoms with Gasteiger partial charge < -0.3 is 15.0 Å². The van der Waals surface area contributed by atoms with Crippen LogP contribution in [0.25, 0.3) is 0 Å². The lowest BCUT2D eigenvalue weighted by Gasteiger charge is -2.30. The van der Waals surface area contributed by atoms with Crippen molar-refractivity contribution in [1.82, 2.24) is 15.0 Å². The van der Waals surface area contributed by atoms with Gasteiger partial charge in [-0.25, -0.2) is 15.0 Å². The Morgan fingerprint density at radius 2 is 1.92 bits per heavy atom. The number of aromatic nitrogens is 3. The Kier molecular flexibility index (Phi) is 5.42. The van der Waals surface area contributed by atoms with Crippen molar-refractivity contribution in [3.8, 4) is 5.88 Å². The summed E-state index contributed by atoms with van der Waals surface area (Å²) in [5.41, 5.74) is 1.02. The topological polar surface area (TPSA) is 80.2 Å². The van der Waals surface area contributed by atoms with Gasteiger partial charge in [-0.3, -0.25) is 4.79 Å². The van der Waals surface area contributed by atoms with Gasteiger partial charge in [0.25, 0.3) is 5.91 Å². The van der Waals surface area contributed by atoms with E-state index in [0.717, 1.165) is 31.8 Å². The lowest BCUT2D eigenvalue weighted by Crippen LogP contribution is -2.34. The van der Waals surface area contributed by atoms with Crippen molar-refractivity contribution in [2.24, 2.45) is 5.92 Å². The Morgan fingerprint density at radius 1 is 1.20 bits per heavy atom. The van der Waals surface area contributed by atoms with E-state index in [1.807, 2.05) is 6.92 Å². The summed E-state index contributed by atoms with van der Waals surface area (Å²) in [6.07, 6.45) is 7.09. The van der Waals surface area contributed by atoms with E-state index in [4.69, 9.17) is 4.74 Å². The van der Waals surface area contributed by atoms with Crippen molar-refractivity contribution in [3.05, 3.63) is 36.3 Å². The molecule has 0 spiro atoms. The Balaban J connectivity index is 1.60. The Labute approximate surface area is 147 Å². The second-order valence-corrected chi connectivity index (χ2v) is 6.21. The van der Waals surface area contributed by atoms with Gasteiger partial charge in [0.2, 0.25) is 11.8 Å². The third kappa shape index (κ3) is 4.43. The molecule has 7 nitrogen and oxygen atoms in total. The molecule has 1 fully saturated rings. The van der Waals surface area contributed by atoms with Crippen molar-refractivity contribution < 1.29 is 9.53 Å².